The van der Waals surface area contributed by atoms with Gasteiger partial charge in [0, 0.05) is 6.92 Å². The van der Waals surface area contributed by atoms with Crippen LogP contribution in [0.1, 0.15) is 27.2 Å². The van der Waals surface area contributed by atoms with E-state index in [4.69, 9.17) is 9.47 Å². The number of esters is 2. The average molecular weight is 250 g/mol. The van der Waals surface area contributed by atoms with E-state index in [1.807, 2.05) is 0 Å². The van der Waals surface area contributed by atoms with Gasteiger partial charge >= 0.3 is 17.9 Å². The van der Waals surface area contributed by atoms with Crippen molar-refractivity contribution in [2.45, 2.75) is 39.4 Å². The highest BCUT2D eigenvalue weighted by atomic mass is 31.0. The first-order valence-electron chi connectivity index (χ1n) is 4.70. The Morgan fingerprint density at radius 1 is 1.19 bits per heavy atom. The molecule has 0 N–H and O–H groups in total. The van der Waals surface area contributed by atoms with Crippen LogP contribution in [0.15, 0.2) is 0 Å². The molecule has 0 amide bonds. The second-order valence-corrected chi connectivity index (χ2v) is 3.26. The highest BCUT2D eigenvalue weighted by Crippen LogP contribution is 2.06. The monoisotopic (exact) mass is 250 g/mol. The van der Waals surface area contributed by atoms with Crippen LogP contribution in [0, 0.1) is 0 Å². The molecule has 1 unspecified atom stereocenters. The fourth-order valence-corrected chi connectivity index (χ4v) is 1.08. The first-order chi connectivity index (χ1) is 7.42. The summed E-state index contributed by atoms with van der Waals surface area (Å²) < 4.78 is 13.8. The molecule has 0 radical (unpaired) electrons. The molecule has 0 saturated carbocycles. The second kappa shape index (κ2) is 7.17. The molecule has 0 aliphatic rings. The minimum atomic E-state index is -1.03. The first kappa shape index (κ1) is 14.8. The molecule has 3 atom stereocenters. The van der Waals surface area contributed by atoms with E-state index in [1.165, 1.54) is 13.8 Å². The maximum absolute atomic E-state index is 11.4. The fraction of sp³-hybridized carbons (Fsp3) is 0.667. The van der Waals surface area contributed by atoms with Gasteiger partial charge < -0.3 is 14.0 Å². The predicted molar refractivity (Wildman–Crippen MR) is 57.2 cm³/mol. The summed E-state index contributed by atoms with van der Waals surface area (Å²) >= 11 is 0. The third-order valence-corrected chi connectivity index (χ3v) is 1.92. The summed E-state index contributed by atoms with van der Waals surface area (Å²) in [6.07, 6.45) is -1.74. The van der Waals surface area contributed by atoms with Crippen LogP contribution in [0.2, 0.25) is 0 Å². The Bertz CT molecular complexity index is 277. The maximum atomic E-state index is 11.4. The molecule has 0 fully saturated rings. The minimum Gasteiger partial charge on any atom is -0.451 e. The van der Waals surface area contributed by atoms with E-state index in [0.29, 0.717) is 0 Å². The Labute approximate surface area is 95.9 Å². The van der Waals surface area contributed by atoms with E-state index < -0.39 is 30.1 Å². The van der Waals surface area contributed by atoms with Gasteiger partial charge in [-0.3, -0.25) is 4.79 Å². The average Bonchev–Trinajstić information content (AvgIpc) is 2.23. The standard InChI is InChI=1S/C9H15O6P/c1-4-7(14-6(3)10)9(12)13-5(2)8(11)15-16/h5,7H,4,16H2,1-3H3/t5-,7-/m0/s1. The van der Waals surface area contributed by atoms with Gasteiger partial charge in [-0.25, -0.2) is 9.59 Å². The summed E-state index contributed by atoms with van der Waals surface area (Å²) in [5, 5.41) is 0. The van der Waals surface area contributed by atoms with Crippen molar-refractivity contribution in [3.63, 3.8) is 0 Å². The summed E-state index contributed by atoms with van der Waals surface area (Å²) in [4.78, 5) is 33.0. The largest absolute Gasteiger partial charge is 0.451 e. The van der Waals surface area contributed by atoms with Gasteiger partial charge in [-0.05, 0) is 13.3 Å². The van der Waals surface area contributed by atoms with Crippen molar-refractivity contribution in [3.8, 4) is 0 Å². The van der Waals surface area contributed by atoms with Crippen LogP contribution >= 0.6 is 9.47 Å². The Balaban J connectivity index is 4.31. The van der Waals surface area contributed by atoms with Gasteiger partial charge in [-0.1, -0.05) is 6.92 Å². The lowest BCUT2D eigenvalue weighted by atomic mass is 10.3. The molecular weight excluding hydrogens is 235 g/mol. The molecule has 0 aromatic rings. The van der Waals surface area contributed by atoms with Crippen molar-refractivity contribution in [3.05, 3.63) is 0 Å². The third-order valence-electron chi connectivity index (χ3n) is 1.68. The number of ether oxygens (including phenoxy) is 2. The van der Waals surface area contributed by atoms with Crippen LogP contribution in [-0.4, -0.2) is 30.1 Å². The molecule has 6 nitrogen and oxygen atoms in total. The Morgan fingerprint density at radius 3 is 2.12 bits per heavy atom. The molecule has 92 valence electrons. The second-order valence-electron chi connectivity index (χ2n) is 3.02. The smallest absolute Gasteiger partial charge is 0.349 e. The van der Waals surface area contributed by atoms with Crippen LogP contribution in [-0.2, 0) is 28.4 Å². The van der Waals surface area contributed by atoms with Gasteiger partial charge in [0.1, 0.15) is 0 Å². The minimum absolute atomic E-state index is 0.279. The number of hydrogen-bond donors (Lipinski definition) is 0. The lowest BCUT2D eigenvalue weighted by molar-refractivity contribution is -0.174. The van der Waals surface area contributed by atoms with Crippen molar-refractivity contribution in [1.82, 2.24) is 0 Å². The number of hydrogen-bond acceptors (Lipinski definition) is 6. The van der Waals surface area contributed by atoms with Crippen molar-refractivity contribution in [2.75, 3.05) is 0 Å². The van der Waals surface area contributed by atoms with Crippen LogP contribution in [0.5, 0.6) is 0 Å². The molecule has 0 saturated heterocycles. The van der Waals surface area contributed by atoms with Crippen LogP contribution in [0.25, 0.3) is 0 Å². The van der Waals surface area contributed by atoms with Crippen molar-refractivity contribution in [1.29, 1.82) is 0 Å². The Hall–Kier alpha value is -1.16. The normalized spacial score (nSPS) is 13.5. The lowest BCUT2D eigenvalue weighted by Gasteiger charge is -2.16. The summed E-state index contributed by atoms with van der Waals surface area (Å²) in [7, 11) is 1.76. The van der Waals surface area contributed by atoms with Gasteiger partial charge in [0.25, 0.3) is 0 Å². The van der Waals surface area contributed by atoms with E-state index in [9.17, 15) is 14.4 Å². The van der Waals surface area contributed by atoms with Gasteiger partial charge in [0.2, 0.25) is 0 Å². The van der Waals surface area contributed by atoms with Crippen LogP contribution in [0.4, 0.5) is 0 Å². The molecule has 0 heterocycles. The lowest BCUT2D eigenvalue weighted by Crippen LogP contribution is -2.33. The number of rotatable bonds is 5. The van der Waals surface area contributed by atoms with Crippen LogP contribution in [0.3, 0.4) is 0 Å². The summed E-state index contributed by atoms with van der Waals surface area (Å²) in [6.45, 7) is 4.22. The molecule has 16 heavy (non-hydrogen) atoms. The van der Waals surface area contributed by atoms with Crippen molar-refractivity contribution >= 4 is 27.4 Å². The van der Waals surface area contributed by atoms with E-state index in [2.05, 4.69) is 4.52 Å². The van der Waals surface area contributed by atoms with Gasteiger partial charge in [0.05, 0.1) is 9.47 Å². The van der Waals surface area contributed by atoms with E-state index in [0.717, 1.165) is 0 Å². The molecule has 0 aliphatic carbocycles. The molecule has 7 heteroatoms. The van der Waals surface area contributed by atoms with Gasteiger partial charge in [-0.15, -0.1) is 0 Å². The van der Waals surface area contributed by atoms with E-state index in [1.54, 1.807) is 16.4 Å². The fourth-order valence-electron chi connectivity index (χ4n) is 0.893. The van der Waals surface area contributed by atoms with Gasteiger partial charge in [0.15, 0.2) is 12.2 Å². The van der Waals surface area contributed by atoms with E-state index in [-0.39, 0.29) is 6.42 Å². The summed E-state index contributed by atoms with van der Waals surface area (Å²) in [5.41, 5.74) is 0. The van der Waals surface area contributed by atoms with E-state index >= 15 is 0 Å². The third kappa shape index (κ3) is 5.07. The molecule has 0 spiro atoms. The number of carbonyl (C=O) groups is 3. The van der Waals surface area contributed by atoms with Crippen molar-refractivity contribution < 1.29 is 28.4 Å². The highest BCUT2D eigenvalue weighted by molar-refractivity contribution is 7.10. The quantitative estimate of drug-likeness (QED) is 0.525. The Kier molecular flexibility index (Phi) is 6.65. The first-order valence-corrected chi connectivity index (χ1v) is 5.17. The highest BCUT2D eigenvalue weighted by Gasteiger charge is 2.26. The zero-order valence-corrected chi connectivity index (χ0v) is 10.5. The Morgan fingerprint density at radius 2 is 1.75 bits per heavy atom. The molecule has 0 bridgehead atoms. The molecule has 0 aromatic carbocycles. The zero-order chi connectivity index (χ0) is 12.7. The molecular formula is C9H15O6P. The summed E-state index contributed by atoms with van der Waals surface area (Å²) in [5.74, 6) is -2.04. The topological polar surface area (TPSA) is 78.9 Å². The van der Waals surface area contributed by atoms with Gasteiger partial charge in [-0.2, -0.15) is 0 Å². The van der Waals surface area contributed by atoms with Crippen LogP contribution < -0.4 is 0 Å². The predicted octanol–water partition coefficient (Wildman–Crippen LogP) is 0.593. The number of carbonyl (C=O) groups excluding carboxylic acids is 3. The summed E-state index contributed by atoms with van der Waals surface area (Å²) in [6, 6.07) is 0. The zero-order valence-electron chi connectivity index (χ0n) is 9.39. The molecule has 0 rings (SSSR count). The SMILES string of the molecule is CC[C@H](OC(C)=O)C(=O)O[C@@H](C)C(=O)OP. The van der Waals surface area contributed by atoms with Crippen molar-refractivity contribution in [2.24, 2.45) is 0 Å². The molecule has 0 aromatic heterocycles. The molecule has 0 aliphatic heterocycles. The maximum Gasteiger partial charge on any atom is 0.349 e.